The molecule has 0 aliphatic carbocycles. The molecular weight excluding hydrogens is 488 g/mol. The second kappa shape index (κ2) is 8.73. The molecule has 11 heteroatoms. The number of imidazole rings is 1. The van der Waals surface area contributed by atoms with Crippen molar-refractivity contribution < 1.29 is 8.78 Å². The predicted molar refractivity (Wildman–Crippen MR) is 138 cm³/mol. The van der Waals surface area contributed by atoms with Gasteiger partial charge in [-0.2, -0.15) is 5.10 Å². The van der Waals surface area contributed by atoms with E-state index in [1.807, 2.05) is 24.3 Å². The summed E-state index contributed by atoms with van der Waals surface area (Å²) in [5.74, 6) is -2.03. The number of aromatic amines is 2. The molecule has 38 heavy (non-hydrogen) atoms. The normalized spacial score (nSPS) is 15.5. The number of H-pyrrole nitrogens is 2. The Morgan fingerprint density at radius 3 is 2.66 bits per heavy atom. The van der Waals surface area contributed by atoms with Gasteiger partial charge in [-0.05, 0) is 23.8 Å². The summed E-state index contributed by atoms with van der Waals surface area (Å²) < 4.78 is 27.3. The van der Waals surface area contributed by atoms with Gasteiger partial charge in [0.05, 0.1) is 23.6 Å². The number of likely N-dealkylation sites (tertiary alicyclic amines) is 1. The number of fused-ring (bicyclic) bond motifs is 2. The van der Waals surface area contributed by atoms with E-state index >= 15 is 0 Å². The molecule has 0 atom stereocenters. The quantitative estimate of drug-likeness (QED) is 0.341. The lowest BCUT2D eigenvalue weighted by molar-refractivity contribution is 0.0115. The molecule has 0 saturated carbocycles. The zero-order chi connectivity index (χ0) is 25.7. The molecule has 1 saturated heterocycles. The molecule has 7 heterocycles. The van der Waals surface area contributed by atoms with Crippen LogP contribution in [0.1, 0.15) is 12.0 Å². The number of nitrogens with one attached hydrogen (secondary N) is 2. The molecule has 0 bridgehead atoms. The van der Waals surface area contributed by atoms with E-state index in [9.17, 15) is 8.78 Å². The molecule has 1 fully saturated rings. The lowest BCUT2D eigenvalue weighted by Crippen LogP contribution is -2.24. The van der Waals surface area contributed by atoms with Crippen molar-refractivity contribution in [3.8, 4) is 33.8 Å². The summed E-state index contributed by atoms with van der Waals surface area (Å²) in [6, 6.07) is 7.80. The standard InChI is InChI=1S/C27H21F2N9/c28-27(29)3-5-38(15-27)14-16-6-18(10-31-8-16)19-7-20-24(36-37-25(20)33-11-19)26-34-22-13-32-12-21(23(22)35-26)17-2-1-4-30-9-17/h1-2,4,6-13H,3,5,14-15H2,(H,34,35)(H,33,36,37). The van der Waals surface area contributed by atoms with Crippen molar-refractivity contribution >= 4 is 22.1 Å². The number of aromatic nitrogens is 8. The number of hydrogen-bond donors (Lipinski definition) is 2. The van der Waals surface area contributed by atoms with Gasteiger partial charge in [0, 0.05) is 78.9 Å². The van der Waals surface area contributed by atoms with Crippen LogP contribution >= 0.6 is 0 Å². The minimum atomic E-state index is -2.62. The molecule has 1 aliphatic rings. The number of rotatable bonds is 5. The van der Waals surface area contributed by atoms with Gasteiger partial charge < -0.3 is 4.98 Å². The van der Waals surface area contributed by atoms with Crippen LogP contribution in [0.4, 0.5) is 8.78 Å². The van der Waals surface area contributed by atoms with Crippen molar-refractivity contribution in [2.24, 2.45) is 0 Å². The Kier molecular flexibility index (Phi) is 5.18. The summed E-state index contributed by atoms with van der Waals surface area (Å²) in [5.41, 5.74) is 7.17. The van der Waals surface area contributed by atoms with Crippen LogP contribution in [0.2, 0.25) is 0 Å². The van der Waals surface area contributed by atoms with Crippen molar-refractivity contribution in [1.82, 2.24) is 45.0 Å². The fraction of sp³-hybridized carbons (Fsp3) is 0.185. The molecule has 0 radical (unpaired) electrons. The number of nitrogens with zero attached hydrogens (tertiary/aromatic N) is 7. The Bertz CT molecular complexity index is 1780. The van der Waals surface area contributed by atoms with Gasteiger partial charge >= 0.3 is 0 Å². The first-order chi connectivity index (χ1) is 18.5. The smallest absolute Gasteiger partial charge is 0.261 e. The maximum absolute atomic E-state index is 13.6. The summed E-state index contributed by atoms with van der Waals surface area (Å²) >= 11 is 0. The van der Waals surface area contributed by atoms with Gasteiger partial charge in [0.15, 0.2) is 11.5 Å². The molecule has 188 valence electrons. The van der Waals surface area contributed by atoms with Gasteiger partial charge in [0.25, 0.3) is 5.92 Å². The molecule has 2 N–H and O–H groups in total. The summed E-state index contributed by atoms with van der Waals surface area (Å²) in [7, 11) is 0. The lowest BCUT2D eigenvalue weighted by Gasteiger charge is -2.15. The van der Waals surface area contributed by atoms with Gasteiger partial charge in [-0.15, -0.1) is 0 Å². The maximum atomic E-state index is 13.6. The van der Waals surface area contributed by atoms with Crippen LogP contribution in [0.15, 0.2) is 67.6 Å². The van der Waals surface area contributed by atoms with Crippen molar-refractivity contribution in [2.45, 2.75) is 18.9 Å². The van der Waals surface area contributed by atoms with Gasteiger partial charge in [-0.1, -0.05) is 6.07 Å². The Morgan fingerprint density at radius 1 is 0.947 bits per heavy atom. The molecule has 6 aromatic rings. The molecule has 0 spiro atoms. The minimum absolute atomic E-state index is 0.106. The van der Waals surface area contributed by atoms with Crippen LogP contribution in [0.25, 0.3) is 55.8 Å². The van der Waals surface area contributed by atoms with E-state index in [0.717, 1.165) is 44.2 Å². The maximum Gasteiger partial charge on any atom is 0.261 e. The first-order valence-corrected chi connectivity index (χ1v) is 12.2. The molecule has 6 aromatic heterocycles. The van der Waals surface area contributed by atoms with Crippen molar-refractivity contribution in [3.05, 3.63) is 73.2 Å². The highest BCUT2D eigenvalue weighted by atomic mass is 19.3. The van der Waals surface area contributed by atoms with Gasteiger partial charge in [0.1, 0.15) is 11.2 Å². The second-order valence-electron chi connectivity index (χ2n) is 9.50. The average Bonchev–Trinajstić information content (AvgIpc) is 3.64. The third-order valence-electron chi connectivity index (χ3n) is 6.79. The van der Waals surface area contributed by atoms with E-state index in [0.29, 0.717) is 30.3 Å². The molecule has 0 amide bonds. The molecule has 0 unspecified atom stereocenters. The average molecular weight is 510 g/mol. The number of alkyl halides is 2. The Labute approximate surface area is 215 Å². The summed E-state index contributed by atoms with van der Waals surface area (Å²) in [5, 5.41) is 8.27. The van der Waals surface area contributed by atoms with E-state index in [1.165, 1.54) is 0 Å². The van der Waals surface area contributed by atoms with Crippen LogP contribution in [0.5, 0.6) is 0 Å². The monoisotopic (exact) mass is 509 g/mol. The number of halogens is 2. The van der Waals surface area contributed by atoms with E-state index in [4.69, 9.17) is 4.98 Å². The first-order valence-electron chi connectivity index (χ1n) is 12.2. The largest absolute Gasteiger partial charge is 0.335 e. The zero-order valence-electron chi connectivity index (χ0n) is 20.1. The van der Waals surface area contributed by atoms with Crippen LogP contribution in [0, 0.1) is 0 Å². The number of pyridine rings is 4. The fourth-order valence-corrected chi connectivity index (χ4v) is 4.95. The van der Waals surface area contributed by atoms with Gasteiger partial charge in [0.2, 0.25) is 0 Å². The molecule has 9 nitrogen and oxygen atoms in total. The van der Waals surface area contributed by atoms with Gasteiger partial charge in [-0.3, -0.25) is 25.0 Å². The van der Waals surface area contributed by atoms with E-state index < -0.39 is 5.92 Å². The third-order valence-corrected chi connectivity index (χ3v) is 6.79. The highest BCUT2D eigenvalue weighted by molar-refractivity contribution is 5.96. The molecule has 7 rings (SSSR count). The summed E-state index contributed by atoms with van der Waals surface area (Å²) in [6.07, 6.45) is 12.1. The van der Waals surface area contributed by atoms with Crippen LogP contribution in [-0.2, 0) is 6.54 Å². The van der Waals surface area contributed by atoms with Crippen molar-refractivity contribution in [3.63, 3.8) is 0 Å². The van der Waals surface area contributed by atoms with Crippen molar-refractivity contribution in [1.29, 1.82) is 0 Å². The molecule has 1 aliphatic heterocycles. The lowest BCUT2D eigenvalue weighted by atomic mass is 10.1. The van der Waals surface area contributed by atoms with Crippen LogP contribution < -0.4 is 0 Å². The van der Waals surface area contributed by atoms with E-state index in [1.54, 1.807) is 48.3 Å². The summed E-state index contributed by atoms with van der Waals surface area (Å²) in [6.45, 7) is 0.576. The topological polar surface area (TPSA) is 112 Å². The second-order valence-corrected chi connectivity index (χ2v) is 9.50. The minimum Gasteiger partial charge on any atom is -0.335 e. The SMILES string of the molecule is FC1(F)CCN(Cc2cncc(-c3cnc4[nH]nc(-c5nc6c(-c7cccnc7)cncc6[nH]5)c4c3)c2)C1. The van der Waals surface area contributed by atoms with Gasteiger partial charge in [-0.25, -0.2) is 18.7 Å². The third kappa shape index (κ3) is 4.06. The summed E-state index contributed by atoms with van der Waals surface area (Å²) in [4.78, 5) is 27.4. The Hall–Kier alpha value is -4.64. The first kappa shape index (κ1) is 22.5. The van der Waals surface area contributed by atoms with Crippen LogP contribution in [-0.4, -0.2) is 64.0 Å². The van der Waals surface area contributed by atoms with E-state index in [2.05, 4.69) is 35.1 Å². The van der Waals surface area contributed by atoms with Crippen molar-refractivity contribution in [2.75, 3.05) is 13.1 Å². The van der Waals surface area contributed by atoms with E-state index in [-0.39, 0.29) is 13.0 Å². The highest BCUT2D eigenvalue weighted by Crippen LogP contribution is 2.32. The zero-order valence-corrected chi connectivity index (χ0v) is 20.1. The Morgan fingerprint density at radius 2 is 1.82 bits per heavy atom. The Balaban J connectivity index is 1.24. The molecule has 0 aromatic carbocycles. The number of hydrogen-bond acceptors (Lipinski definition) is 7. The molecular formula is C27H21F2N9. The fourth-order valence-electron chi connectivity index (χ4n) is 4.95. The highest BCUT2D eigenvalue weighted by Gasteiger charge is 2.37. The predicted octanol–water partition coefficient (Wildman–Crippen LogP) is 4.86. The van der Waals surface area contributed by atoms with Crippen LogP contribution in [0.3, 0.4) is 0 Å².